The minimum absolute atomic E-state index is 0.0594. The van der Waals surface area contributed by atoms with Gasteiger partial charge in [-0.25, -0.2) is 0 Å². The molecule has 2 aromatic rings. The van der Waals surface area contributed by atoms with Gasteiger partial charge in [0.1, 0.15) is 5.75 Å². The molecular weight excluding hydrogens is 362 g/mol. The second-order valence-electron chi connectivity index (χ2n) is 5.82. The summed E-state index contributed by atoms with van der Waals surface area (Å²) in [5, 5.41) is 16.2. The number of benzene rings is 2. The van der Waals surface area contributed by atoms with Gasteiger partial charge in [0.25, 0.3) is 17.5 Å². The first-order valence-electron chi connectivity index (χ1n) is 8.63. The van der Waals surface area contributed by atoms with Crippen LogP contribution in [0.4, 0.5) is 11.4 Å². The van der Waals surface area contributed by atoms with Gasteiger partial charge in [0.15, 0.2) is 6.61 Å². The molecule has 0 aliphatic heterocycles. The highest BCUT2D eigenvalue weighted by molar-refractivity contribution is 5.97. The highest BCUT2D eigenvalue weighted by Gasteiger charge is 2.13. The van der Waals surface area contributed by atoms with E-state index in [1.165, 1.54) is 18.2 Å². The SMILES string of the molecule is C=CCc1cc([N+](=O)[O-])ccc1OCC(=O)Nc1cccc(C(=O)NCC)c1. The molecule has 0 atom stereocenters. The van der Waals surface area contributed by atoms with Crippen LogP contribution in [-0.2, 0) is 11.2 Å². The number of hydrogen-bond donors (Lipinski definition) is 2. The largest absolute Gasteiger partial charge is 0.483 e. The maximum absolute atomic E-state index is 12.2. The van der Waals surface area contributed by atoms with Gasteiger partial charge in [0, 0.05) is 35.5 Å². The number of amides is 2. The van der Waals surface area contributed by atoms with E-state index >= 15 is 0 Å². The summed E-state index contributed by atoms with van der Waals surface area (Å²) in [5.41, 5.74) is 1.41. The first kappa shape index (κ1) is 20.6. The zero-order chi connectivity index (χ0) is 20.5. The molecule has 2 N–H and O–H groups in total. The Morgan fingerprint density at radius 2 is 2.04 bits per heavy atom. The molecule has 0 unspecified atom stereocenters. The van der Waals surface area contributed by atoms with E-state index in [2.05, 4.69) is 17.2 Å². The molecule has 0 bridgehead atoms. The van der Waals surface area contributed by atoms with E-state index in [9.17, 15) is 19.7 Å². The number of carbonyl (C=O) groups excluding carboxylic acids is 2. The Labute approximate surface area is 162 Å². The molecule has 28 heavy (non-hydrogen) atoms. The van der Waals surface area contributed by atoms with E-state index in [0.29, 0.717) is 35.5 Å². The lowest BCUT2D eigenvalue weighted by Gasteiger charge is -2.11. The molecule has 146 valence electrons. The lowest BCUT2D eigenvalue weighted by molar-refractivity contribution is -0.384. The molecular formula is C20H21N3O5. The van der Waals surface area contributed by atoms with Gasteiger partial charge >= 0.3 is 0 Å². The molecule has 8 heteroatoms. The molecule has 2 aromatic carbocycles. The number of rotatable bonds is 9. The quantitative estimate of drug-likeness (QED) is 0.393. The molecule has 0 saturated heterocycles. The van der Waals surface area contributed by atoms with E-state index in [4.69, 9.17) is 4.74 Å². The van der Waals surface area contributed by atoms with E-state index < -0.39 is 10.8 Å². The topological polar surface area (TPSA) is 111 Å². The Hall–Kier alpha value is -3.68. The fourth-order valence-electron chi connectivity index (χ4n) is 2.48. The first-order chi connectivity index (χ1) is 13.4. The number of hydrogen-bond acceptors (Lipinski definition) is 5. The molecule has 0 fully saturated rings. The van der Waals surface area contributed by atoms with Crippen molar-refractivity contribution in [3.05, 3.63) is 76.4 Å². The number of allylic oxidation sites excluding steroid dienone is 1. The molecule has 0 saturated carbocycles. The molecule has 2 rings (SSSR count). The maximum atomic E-state index is 12.2. The summed E-state index contributed by atoms with van der Waals surface area (Å²) < 4.78 is 5.51. The Bertz CT molecular complexity index is 895. The van der Waals surface area contributed by atoms with Crippen molar-refractivity contribution in [3.63, 3.8) is 0 Å². The summed E-state index contributed by atoms with van der Waals surface area (Å²) in [5.74, 6) is -0.275. The van der Waals surface area contributed by atoms with Crippen LogP contribution in [-0.4, -0.2) is 29.9 Å². The van der Waals surface area contributed by atoms with Gasteiger partial charge in [0.2, 0.25) is 0 Å². The summed E-state index contributed by atoms with van der Waals surface area (Å²) in [6.45, 7) is 5.66. The molecule has 0 heterocycles. The summed E-state index contributed by atoms with van der Waals surface area (Å²) in [7, 11) is 0. The lowest BCUT2D eigenvalue weighted by atomic mass is 10.1. The average Bonchev–Trinajstić information content (AvgIpc) is 2.67. The number of nitrogens with one attached hydrogen (secondary N) is 2. The molecule has 0 aliphatic rings. The van der Waals surface area contributed by atoms with Gasteiger partial charge in [-0.3, -0.25) is 19.7 Å². The number of carbonyl (C=O) groups is 2. The standard InChI is InChI=1S/C20H21N3O5/c1-3-6-14-12-17(23(26)27)9-10-18(14)28-13-19(24)22-16-8-5-7-15(11-16)20(25)21-4-2/h3,5,7-12H,1,4,6,13H2,2H3,(H,21,25)(H,22,24). The van der Waals surface area contributed by atoms with Crippen LogP contribution in [0.5, 0.6) is 5.75 Å². The molecule has 0 spiro atoms. The van der Waals surface area contributed by atoms with Gasteiger partial charge in [0.05, 0.1) is 4.92 Å². The van der Waals surface area contributed by atoms with Crippen LogP contribution >= 0.6 is 0 Å². The fourth-order valence-corrected chi connectivity index (χ4v) is 2.48. The van der Waals surface area contributed by atoms with Gasteiger partial charge in [-0.15, -0.1) is 6.58 Å². The van der Waals surface area contributed by atoms with E-state index in [-0.39, 0.29) is 18.2 Å². The normalized spacial score (nSPS) is 10.0. The second kappa shape index (κ2) is 9.86. The van der Waals surface area contributed by atoms with Crippen LogP contribution in [0.25, 0.3) is 0 Å². The monoisotopic (exact) mass is 383 g/mol. The van der Waals surface area contributed by atoms with Gasteiger partial charge in [-0.05, 0) is 37.6 Å². The molecule has 8 nitrogen and oxygen atoms in total. The van der Waals surface area contributed by atoms with Crippen LogP contribution in [0.1, 0.15) is 22.8 Å². The van der Waals surface area contributed by atoms with Crippen LogP contribution in [0.3, 0.4) is 0 Å². The number of nitrogens with zero attached hydrogens (tertiary/aromatic N) is 1. The summed E-state index contributed by atoms with van der Waals surface area (Å²) in [6, 6.07) is 10.7. The smallest absolute Gasteiger partial charge is 0.269 e. The van der Waals surface area contributed by atoms with E-state index in [0.717, 1.165) is 0 Å². The number of non-ortho nitro benzene ring substituents is 1. The molecule has 0 aromatic heterocycles. The Balaban J connectivity index is 2.03. The van der Waals surface area contributed by atoms with Crippen molar-refractivity contribution in [1.29, 1.82) is 0 Å². The number of ether oxygens (including phenoxy) is 1. The van der Waals surface area contributed by atoms with Crippen molar-refractivity contribution in [1.82, 2.24) is 5.32 Å². The average molecular weight is 383 g/mol. The van der Waals surface area contributed by atoms with Crippen LogP contribution in [0, 0.1) is 10.1 Å². The van der Waals surface area contributed by atoms with Crippen molar-refractivity contribution >= 4 is 23.2 Å². The maximum Gasteiger partial charge on any atom is 0.269 e. The third-order valence-electron chi connectivity index (χ3n) is 3.72. The number of nitro groups is 1. The van der Waals surface area contributed by atoms with Gasteiger partial charge in [-0.2, -0.15) is 0 Å². The zero-order valence-corrected chi connectivity index (χ0v) is 15.4. The minimum atomic E-state index is -0.495. The van der Waals surface area contributed by atoms with Crippen LogP contribution < -0.4 is 15.4 Å². The Kier molecular flexibility index (Phi) is 7.27. The summed E-state index contributed by atoms with van der Waals surface area (Å²) in [6.07, 6.45) is 1.96. The number of anilines is 1. The van der Waals surface area contributed by atoms with Gasteiger partial charge in [-0.1, -0.05) is 12.1 Å². The minimum Gasteiger partial charge on any atom is -0.483 e. The summed E-state index contributed by atoms with van der Waals surface area (Å²) >= 11 is 0. The van der Waals surface area contributed by atoms with Crippen molar-refractivity contribution in [2.45, 2.75) is 13.3 Å². The van der Waals surface area contributed by atoms with E-state index in [1.54, 1.807) is 30.3 Å². The fraction of sp³-hybridized carbons (Fsp3) is 0.200. The predicted octanol–water partition coefficient (Wildman–Crippen LogP) is 3.09. The lowest BCUT2D eigenvalue weighted by Crippen LogP contribution is -2.23. The zero-order valence-electron chi connectivity index (χ0n) is 15.4. The first-order valence-corrected chi connectivity index (χ1v) is 8.63. The predicted molar refractivity (Wildman–Crippen MR) is 106 cm³/mol. The van der Waals surface area contributed by atoms with Crippen molar-refractivity contribution in [2.75, 3.05) is 18.5 Å². The second-order valence-corrected chi connectivity index (χ2v) is 5.82. The molecule has 0 radical (unpaired) electrons. The number of nitro benzene ring substituents is 1. The van der Waals surface area contributed by atoms with Crippen LogP contribution in [0.2, 0.25) is 0 Å². The van der Waals surface area contributed by atoms with Crippen molar-refractivity contribution in [3.8, 4) is 5.75 Å². The third-order valence-corrected chi connectivity index (χ3v) is 3.72. The van der Waals surface area contributed by atoms with Crippen molar-refractivity contribution < 1.29 is 19.2 Å². The third kappa shape index (κ3) is 5.66. The highest BCUT2D eigenvalue weighted by Crippen LogP contribution is 2.25. The van der Waals surface area contributed by atoms with Crippen molar-refractivity contribution in [2.24, 2.45) is 0 Å². The molecule has 2 amide bonds. The molecule has 0 aliphatic carbocycles. The Morgan fingerprint density at radius 3 is 2.71 bits per heavy atom. The van der Waals surface area contributed by atoms with Gasteiger partial charge < -0.3 is 15.4 Å². The Morgan fingerprint density at radius 1 is 1.25 bits per heavy atom. The van der Waals surface area contributed by atoms with E-state index in [1.807, 2.05) is 6.92 Å². The summed E-state index contributed by atoms with van der Waals surface area (Å²) in [4.78, 5) is 34.4. The van der Waals surface area contributed by atoms with Crippen LogP contribution in [0.15, 0.2) is 55.1 Å². The highest BCUT2D eigenvalue weighted by atomic mass is 16.6.